The van der Waals surface area contributed by atoms with Crippen molar-refractivity contribution < 1.29 is 19.1 Å². The maximum absolute atomic E-state index is 12.3. The standard InChI is InChI=1S/C20H23NO4/c1-2-3-14-18(19(22)25-17-12-8-5-9-13-17)21-20(23)24-15-16-10-6-4-7-11-16/h4-13,18H,2-3,14-15H2,1H3,(H,21,23)/t18-/m0/s1. The van der Waals surface area contributed by atoms with Gasteiger partial charge in [0.05, 0.1) is 0 Å². The number of para-hydroxylation sites is 1. The molecule has 0 aliphatic rings. The quantitative estimate of drug-likeness (QED) is 0.580. The maximum atomic E-state index is 12.3. The van der Waals surface area contributed by atoms with E-state index in [4.69, 9.17) is 9.47 Å². The average Bonchev–Trinajstić information content (AvgIpc) is 2.65. The van der Waals surface area contributed by atoms with Crippen LogP contribution in [-0.4, -0.2) is 18.1 Å². The maximum Gasteiger partial charge on any atom is 0.408 e. The van der Waals surface area contributed by atoms with Crippen molar-refractivity contribution in [2.45, 2.75) is 38.8 Å². The van der Waals surface area contributed by atoms with Crippen molar-refractivity contribution in [3.8, 4) is 5.75 Å². The fraction of sp³-hybridized carbons (Fsp3) is 0.300. The van der Waals surface area contributed by atoms with Crippen LogP contribution in [0.1, 0.15) is 31.7 Å². The Labute approximate surface area is 148 Å². The molecule has 1 atom stereocenters. The Balaban J connectivity index is 1.89. The van der Waals surface area contributed by atoms with E-state index in [1.54, 1.807) is 24.3 Å². The molecule has 0 heterocycles. The molecule has 2 rings (SSSR count). The molecule has 0 aromatic heterocycles. The number of carbonyl (C=O) groups excluding carboxylic acids is 2. The number of amides is 1. The summed E-state index contributed by atoms with van der Waals surface area (Å²) in [5, 5.41) is 2.61. The largest absolute Gasteiger partial charge is 0.445 e. The molecule has 0 fully saturated rings. The van der Waals surface area contributed by atoms with Gasteiger partial charge in [0.2, 0.25) is 0 Å². The predicted octanol–water partition coefficient (Wildman–Crippen LogP) is 4.08. The molecule has 2 aromatic carbocycles. The van der Waals surface area contributed by atoms with Crippen molar-refractivity contribution >= 4 is 12.1 Å². The van der Waals surface area contributed by atoms with Gasteiger partial charge in [-0.05, 0) is 24.1 Å². The van der Waals surface area contributed by atoms with Gasteiger partial charge in [-0.15, -0.1) is 0 Å². The highest BCUT2D eigenvalue weighted by Gasteiger charge is 2.23. The first-order chi connectivity index (χ1) is 12.2. The van der Waals surface area contributed by atoms with Crippen LogP contribution >= 0.6 is 0 Å². The number of hydrogen-bond acceptors (Lipinski definition) is 4. The smallest absolute Gasteiger partial charge is 0.408 e. The van der Waals surface area contributed by atoms with Gasteiger partial charge < -0.3 is 14.8 Å². The first-order valence-corrected chi connectivity index (χ1v) is 8.43. The zero-order chi connectivity index (χ0) is 17.9. The third-order valence-electron chi connectivity index (χ3n) is 3.60. The highest BCUT2D eigenvalue weighted by molar-refractivity contribution is 5.82. The van der Waals surface area contributed by atoms with Gasteiger partial charge in [0.15, 0.2) is 0 Å². The number of benzene rings is 2. The number of rotatable bonds is 8. The molecule has 1 N–H and O–H groups in total. The Morgan fingerprint density at radius 1 is 1.00 bits per heavy atom. The summed E-state index contributed by atoms with van der Waals surface area (Å²) >= 11 is 0. The molecule has 0 aliphatic carbocycles. The molecule has 132 valence electrons. The number of unbranched alkanes of at least 4 members (excludes halogenated alkanes) is 1. The Morgan fingerprint density at radius 2 is 1.64 bits per heavy atom. The lowest BCUT2D eigenvalue weighted by Gasteiger charge is -2.17. The molecule has 5 nitrogen and oxygen atoms in total. The summed E-state index contributed by atoms with van der Waals surface area (Å²) in [5.41, 5.74) is 0.884. The summed E-state index contributed by atoms with van der Waals surface area (Å²) in [4.78, 5) is 24.3. The van der Waals surface area contributed by atoms with Crippen LogP contribution in [0.2, 0.25) is 0 Å². The van der Waals surface area contributed by atoms with Crippen LogP contribution in [0, 0.1) is 0 Å². The summed E-state index contributed by atoms with van der Waals surface area (Å²) in [7, 11) is 0. The van der Waals surface area contributed by atoms with E-state index in [0.29, 0.717) is 12.2 Å². The third kappa shape index (κ3) is 6.67. The van der Waals surface area contributed by atoms with E-state index in [2.05, 4.69) is 5.32 Å². The van der Waals surface area contributed by atoms with Gasteiger partial charge >= 0.3 is 12.1 Å². The molecule has 0 radical (unpaired) electrons. The fourth-order valence-electron chi connectivity index (χ4n) is 2.24. The average molecular weight is 341 g/mol. The summed E-state index contributed by atoms with van der Waals surface area (Å²) in [6.07, 6.45) is 1.58. The second kappa shape index (κ2) is 10.1. The monoisotopic (exact) mass is 341 g/mol. The van der Waals surface area contributed by atoms with E-state index in [9.17, 15) is 9.59 Å². The van der Waals surface area contributed by atoms with Crippen LogP contribution in [0.4, 0.5) is 4.79 Å². The molecule has 5 heteroatoms. The summed E-state index contributed by atoms with van der Waals surface area (Å²) in [6.45, 7) is 2.17. The molecule has 0 bridgehead atoms. The molecule has 1 amide bonds. The molecule has 0 aliphatic heterocycles. The lowest BCUT2D eigenvalue weighted by molar-refractivity contribution is -0.136. The topological polar surface area (TPSA) is 64.6 Å². The molecule has 0 unspecified atom stereocenters. The van der Waals surface area contributed by atoms with Crippen LogP contribution in [0.15, 0.2) is 60.7 Å². The van der Waals surface area contributed by atoms with E-state index in [0.717, 1.165) is 18.4 Å². The summed E-state index contributed by atoms with van der Waals surface area (Å²) < 4.78 is 10.5. The summed E-state index contributed by atoms with van der Waals surface area (Å²) in [5.74, 6) is -0.0373. The SMILES string of the molecule is CCCC[C@H](NC(=O)OCc1ccccc1)C(=O)Oc1ccccc1. The van der Waals surface area contributed by atoms with Crippen molar-refractivity contribution in [3.63, 3.8) is 0 Å². The van der Waals surface area contributed by atoms with E-state index in [1.165, 1.54) is 0 Å². The lowest BCUT2D eigenvalue weighted by Crippen LogP contribution is -2.43. The third-order valence-corrected chi connectivity index (χ3v) is 3.60. The Kier molecular flexibility index (Phi) is 7.50. The van der Waals surface area contributed by atoms with E-state index in [1.807, 2.05) is 43.3 Å². The minimum Gasteiger partial charge on any atom is -0.445 e. The van der Waals surface area contributed by atoms with E-state index in [-0.39, 0.29) is 6.61 Å². The Bertz CT molecular complexity index is 658. The van der Waals surface area contributed by atoms with Crippen molar-refractivity contribution in [3.05, 3.63) is 66.2 Å². The van der Waals surface area contributed by atoms with Gasteiger partial charge in [-0.3, -0.25) is 0 Å². The van der Waals surface area contributed by atoms with Crippen LogP contribution in [0.3, 0.4) is 0 Å². The van der Waals surface area contributed by atoms with Crippen molar-refractivity contribution in [1.29, 1.82) is 0 Å². The Morgan fingerprint density at radius 3 is 2.28 bits per heavy atom. The molecule has 0 saturated carbocycles. The van der Waals surface area contributed by atoms with Crippen molar-refractivity contribution in [2.75, 3.05) is 0 Å². The van der Waals surface area contributed by atoms with Gasteiger partial charge in [0.25, 0.3) is 0 Å². The van der Waals surface area contributed by atoms with Gasteiger partial charge in [-0.25, -0.2) is 9.59 Å². The van der Waals surface area contributed by atoms with E-state index >= 15 is 0 Å². The summed E-state index contributed by atoms with van der Waals surface area (Å²) in [6, 6.07) is 17.4. The lowest BCUT2D eigenvalue weighted by atomic mass is 10.1. The predicted molar refractivity (Wildman–Crippen MR) is 95.2 cm³/mol. The number of alkyl carbamates (subject to hydrolysis) is 1. The number of carbonyl (C=O) groups is 2. The van der Waals surface area contributed by atoms with Crippen LogP contribution in [-0.2, 0) is 16.1 Å². The molecule has 0 spiro atoms. The van der Waals surface area contributed by atoms with Crippen molar-refractivity contribution in [1.82, 2.24) is 5.32 Å². The van der Waals surface area contributed by atoms with Gasteiger partial charge in [0.1, 0.15) is 18.4 Å². The van der Waals surface area contributed by atoms with Crippen LogP contribution in [0.5, 0.6) is 5.75 Å². The van der Waals surface area contributed by atoms with Gasteiger partial charge in [-0.2, -0.15) is 0 Å². The minimum absolute atomic E-state index is 0.154. The van der Waals surface area contributed by atoms with Crippen LogP contribution in [0.25, 0.3) is 0 Å². The number of esters is 1. The number of hydrogen-bond donors (Lipinski definition) is 1. The fourth-order valence-corrected chi connectivity index (χ4v) is 2.24. The normalized spacial score (nSPS) is 11.4. The van der Waals surface area contributed by atoms with Crippen LogP contribution < -0.4 is 10.1 Å². The van der Waals surface area contributed by atoms with E-state index < -0.39 is 18.1 Å². The van der Waals surface area contributed by atoms with Gasteiger partial charge in [-0.1, -0.05) is 68.3 Å². The second-order valence-corrected chi connectivity index (χ2v) is 5.64. The Hall–Kier alpha value is -2.82. The second-order valence-electron chi connectivity index (χ2n) is 5.64. The molecule has 25 heavy (non-hydrogen) atoms. The molecule has 0 saturated heterocycles. The number of ether oxygens (including phenoxy) is 2. The first-order valence-electron chi connectivity index (χ1n) is 8.43. The van der Waals surface area contributed by atoms with Gasteiger partial charge in [0, 0.05) is 0 Å². The zero-order valence-corrected chi connectivity index (χ0v) is 14.3. The minimum atomic E-state index is -0.733. The molecular weight excluding hydrogens is 318 g/mol. The highest BCUT2D eigenvalue weighted by Crippen LogP contribution is 2.12. The molecule has 2 aromatic rings. The molecular formula is C20H23NO4. The number of nitrogens with one attached hydrogen (secondary N) is 1. The van der Waals surface area contributed by atoms with Crippen molar-refractivity contribution in [2.24, 2.45) is 0 Å². The first kappa shape index (κ1) is 18.5. The highest BCUT2D eigenvalue weighted by atomic mass is 16.6. The zero-order valence-electron chi connectivity index (χ0n) is 14.3.